The Morgan fingerprint density at radius 3 is 2.74 bits per heavy atom. The average Bonchev–Trinajstić information content (AvgIpc) is 2.82. The topological polar surface area (TPSA) is 25.2 Å². The normalized spacial score (nSPS) is 18.2. The maximum absolute atomic E-state index is 5.54. The standard InChI is InChI=1S/C15H15Br2NO/c1-9-7-11(16)15(12(17)8-9)18-13-3-2-4-14-10(13)5-6-19-14/h5-8,13,18H,2-4H2,1H3. The third kappa shape index (κ3) is 2.61. The second-order valence-corrected chi connectivity index (χ2v) is 6.70. The summed E-state index contributed by atoms with van der Waals surface area (Å²) in [6.45, 7) is 2.09. The van der Waals surface area contributed by atoms with Crippen molar-refractivity contribution in [1.82, 2.24) is 0 Å². The van der Waals surface area contributed by atoms with Gasteiger partial charge in [0.1, 0.15) is 5.76 Å². The highest BCUT2D eigenvalue weighted by molar-refractivity contribution is 9.11. The molecule has 19 heavy (non-hydrogen) atoms. The van der Waals surface area contributed by atoms with Gasteiger partial charge in [-0.1, -0.05) is 0 Å². The van der Waals surface area contributed by atoms with E-state index in [-0.39, 0.29) is 0 Å². The van der Waals surface area contributed by atoms with E-state index < -0.39 is 0 Å². The van der Waals surface area contributed by atoms with Crippen molar-refractivity contribution in [3.8, 4) is 0 Å². The van der Waals surface area contributed by atoms with Gasteiger partial charge in [0, 0.05) is 20.9 Å². The third-order valence-electron chi connectivity index (χ3n) is 3.56. The second-order valence-electron chi connectivity index (χ2n) is 4.99. The monoisotopic (exact) mass is 383 g/mol. The molecule has 0 saturated carbocycles. The summed E-state index contributed by atoms with van der Waals surface area (Å²) in [5.41, 5.74) is 3.65. The Morgan fingerprint density at radius 1 is 1.26 bits per heavy atom. The molecule has 1 aliphatic rings. The first kappa shape index (κ1) is 13.3. The van der Waals surface area contributed by atoms with Gasteiger partial charge in [-0.2, -0.15) is 0 Å². The summed E-state index contributed by atoms with van der Waals surface area (Å²) in [4.78, 5) is 0. The van der Waals surface area contributed by atoms with E-state index in [9.17, 15) is 0 Å². The van der Waals surface area contributed by atoms with Crippen molar-refractivity contribution in [3.05, 3.63) is 50.3 Å². The molecular formula is C15H15Br2NO. The summed E-state index contributed by atoms with van der Waals surface area (Å²) in [6, 6.07) is 6.68. The van der Waals surface area contributed by atoms with Crippen LogP contribution in [0.25, 0.3) is 0 Å². The van der Waals surface area contributed by atoms with E-state index in [0.717, 1.165) is 33.2 Å². The predicted octanol–water partition coefficient (Wildman–Crippen LogP) is 5.60. The van der Waals surface area contributed by atoms with Crippen LogP contribution >= 0.6 is 31.9 Å². The lowest BCUT2D eigenvalue weighted by Gasteiger charge is -2.25. The quantitative estimate of drug-likeness (QED) is 0.728. The molecule has 0 saturated heterocycles. The van der Waals surface area contributed by atoms with Crippen LogP contribution in [0.3, 0.4) is 0 Å². The molecule has 3 rings (SSSR count). The summed E-state index contributed by atoms with van der Waals surface area (Å²) in [5, 5.41) is 3.63. The Bertz CT molecular complexity index is 583. The molecule has 1 aromatic carbocycles. The molecule has 1 heterocycles. The summed E-state index contributed by atoms with van der Waals surface area (Å²) < 4.78 is 7.73. The maximum atomic E-state index is 5.54. The Balaban J connectivity index is 1.92. The third-order valence-corrected chi connectivity index (χ3v) is 4.81. The van der Waals surface area contributed by atoms with Crippen molar-refractivity contribution >= 4 is 37.5 Å². The fraction of sp³-hybridized carbons (Fsp3) is 0.333. The van der Waals surface area contributed by atoms with Crippen molar-refractivity contribution in [1.29, 1.82) is 0 Å². The van der Waals surface area contributed by atoms with Gasteiger partial charge < -0.3 is 9.73 Å². The second kappa shape index (κ2) is 5.33. The van der Waals surface area contributed by atoms with Gasteiger partial charge in [0.05, 0.1) is 18.0 Å². The lowest BCUT2D eigenvalue weighted by Crippen LogP contribution is -2.16. The fourth-order valence-corrected chi connectivity index (χ4v) is 4.29. The number of benzene rings is 1. The average molecular weight is 385 g/mol. The number of furan rings is 1. The Hall–Kier alpha value is -0.740. The molecule has 1 N–H and O–H groups in total. The molecule has 2 aromatic rings. The Morgan fingerprint density at radius 2 is 2.00 bits per heavy atom. The van der Waals surface area contributed by atoms with E-state index in [1.165, 1.54) is 17.5 Å². The number of nitrogens with one attached hydrogen (secondary N) is 1. The summed E-state index contributed by atoms with van der Waals surface area (Å²) in [5.74, 6) is 1.13. The predicted molar refractivity (Wildman–Crippen MR) is 84.6 cm³/mol. The molecule has 2 nitrogen and oxygen atoms in total. The van der Waals surface area contributed by atoms with E-state index in [1.54, 1.807) is 6.26 Å². The number of hydrogen-bond donors (Lipinski definition) is 1. The number of fused-ring (bicyclic) bond motifs is 1. The highest BCUT2D eigenvalue weighted by Crippen LogP contribution is 2.38. The van der Waals surface area contributed by atoms with Gasteiger partial charge in [-0.25, -0.2) is 0 Å². The zero-order valence-corrected chi connectivity index (χ0v) is 13.8. The largest absolute Gasteiger partial charge is 0.469 e. The highest BCUT2D eigenvalue weighted by Gasteiger charge is 2.23. The molecule has 1 aliphatic carbocycles. The van der Waals surface area contributed by atoms with E-state index in [4.69, 9.17) is 4.42 Å². The number of anilines is 1. The molecule has 0 radical (unpaired) electrons. The molecule has 0 spiro atoms. The lowest BCUT2D eigenvalue weighted by molar-refractivity contribution is 0.461. The first-order valence-corrected chi connectivity index (χ1v) is 8.02. The molecule has 1 aromatic heterocycles. The van der Waals surface area contributed by atoms with Gasteiger partial charge in [0.2, 0.25) is 0 Å². The molecule has 0 amide bonds. The first-order valence-electron chi connectivity index (χ1n) is 6.43. The summed E-state index contributed by atoms with van der Waals surface area (Å²) >= 11 is 7.28. The molecule has 0 aliphatic heterocycles. The van der Waals surface area contributed by atoms with Gasteiger partial charge in [-0.3, -0.25) is 0 Å². The van der Waals surface area contributed by atoms with Crippen LogP contribution in [0.4, 0.5) is 5.69 Å². The van der Waals surface area contributed by atoms with E-state index in [1.807, 2.05) is 0 Å². The molecule has 4 heteroatoms. The van der Waals surface area contributed by atoms with E-state index in [0.29, 0.717) is 6.04 Å². The van der Waals surface area contributed by atoms with Crippen LogP contribution in [0, 0.1) is 6.92 Å². The van der Waals surface area contributed by atoms with Gasteiger partial charge in [0.25, 0.3) is 0 Å². The number of rotatable bonds is 2. The van der Waals surface area contributed by atoms with Gasteiger partial charge in [-0.15, -0.1) is 0 Å². The zero-order chi connectivity index (χ0) is 13.4. The molecule has 1 atom stereocenters. The van der Waals surface area contributed by atoms with Crippen LogP contribution < -0.4 is 5.32 Å². The minimum absolute atomic E-state index is 0.331. The van der Waals surface area contributed by atoms with Crippen molar-refractivity contribution in [2.75, 3.05) is 5.32 Å². The lowest BCUT2D eigenvalue weighted by atomic mass is 9.93. The van der Waals surface area contributed by atoms with Crippen LogP contribution in [-0.2, 0) is 6.42 Å². The number of halogens is 2. The molecule has 0 bridgehead atoms. The molecule has 100 valence electrons. The summed E-state index contributed by atoms with van der Waals surface area (Å²) in [6.07, 6.45) is 5.15. The first-order chi connectivity index (χ1) is 9.15. The van der Waals surface area contributed by atoms with Crippen molar-refractivity contribution < 1.29 is 4.42 Å². The van der Waals surface area contributed by atoms with Crippen LogP contribution in [0.2, 0.25) is 0 Å². The summed E-state index contributed by atoms with van der Waals surface area (Å²) in [7, 11) is 0. The van der Waals surface area contributed by atoms with Crippen LogP contribution in [0.15, 0.2) is 37.8 Å². The van der Waals surface area contributed by atoms with Gasteiger partial charge in [0.15, 0.2) is 0 Å². The molecule has 0 fully saturated rings. The highest BCUT2D eigenvalue weighted by atomic mass is 79.9. The van der Waals surface area contributed by atoms with Crippen LogP contribution in [0.1, 0.15) is 35.8 Å². The fourth-order valence-electron chi connectivity index (χ4n) is 2.65. The van der Waals surface area contributed by atoms with Crippen molar-refractivity contribution in [2.24, 2.45) is 0 Å². The minimum atomic E-state index is 0.331. The van der Waals surface area contributed by atoms with Crippen LogP contribution in [-0.4, -0.2) is 0 Å². The molecule has 1 unspecified atom stereocenters. The van der Waals surface area contributed by atoms with Crippen molar-refractivity contribution in [2.45, 2.75) is 32.2 Å². The van der Waals surface area contributed by atoms with Crippen molar-refractivity contribution in [3.63, 3.8) is 0 Å². The number of aryl methyl sites for hydroxylation is 2. The Kier molecular flexibility index (Phi) is 3.72. The van der Waals surface area contributed by atoms with E-state index in [2.05, 4.69) is 62.3 Å². The number of hydrogen-bond acceptors (Lipinski definition) is 2. The van der Waals surface area contributed by atoms with E-state index >= 15 is 0 Å². The van der Waals surface area contributed by atoms with Crippen LogP contribution in [0.5, 0.6) is 0 Å². The smallest absolute Gasteiger partial charge is 0.109 e. The minimum Gasteiger partial charge on any atom is -0.469 e. The van der Waals surface area contributed by atoms with Gasteiger partial charge >= 0.3 is 0 Å². The zero-order valence-electron chi connectivity index (χ0n) is 10.7. The Labute approximate surface area is 129 Å². The maximum Gasteiger partial charge on any atom is 0.109 e. The SMILES string of the molecule is Cc1cc(Br)c(NC2CCCc3occc32)c(Br)c1. The van der Waals surface area contributed by atoms with Gasteiger partial charge in [-0.05, 0) is 75.4 Å². The molecular weight excluding hydrogens is 370 g/mol.